The van der Waals surface area contributed by atoms with E-state index in [2.05, 4.69) is 10.3 Å². The Bertz CT molecular complexity index is 1180. The molecule has 4 aromatic rings. The number of aryl methyl sites for hydroxylation is 1. The Balaban J connectivity index is 1.53. The standard InChI is InChI=1S/C20H14F3N3OS/c1-11-18(9-24-19(27)15-7-6-14(22)8-16(15)23)28-20-25-17(10-26(11)20)12-2-4-13(21)5-3-12/h2-8,10H,9H2,1H3,(H,24,27). The van der Waals surface area contributed by atoms with Gasteiger partial charge in [0.1, 0.15) is 17.5 Å². The lowest BCUT2D eigenvalue weighted by molar-refractivity contribution is 0.0947. The molecule has 4 rings (SSSR count). The second-order valence-electron chi connectivity index (χ2n) is 6.20. The number of benzene rings is 2. The first-order valence-electron chi connectivity index (χ1n) is 8.39. The zero-order valence-corrected chi connectivity index (χ0v) is 15.5. The predicted octanol–water partition coefficient (Wildman–Crippen LogP) is 4.72. The molecular formula is C20H14F3N3OS. The number of nitrogens with zero attached hydrogens (tertiary/aromatic N) is 2. The number of carbonyl (C=O) groups excluding carboxylic acids is 1. The van der Waals surface area contributed by atoms with Gasteiger partial charge in [0.05, 0.1) is 17.8 Å². The van der Waals surface area contributed by atoms with Crippen molar-refractivity contribution in [1.82, 2.24) is 14.7 Å². The largest absolute Gasteiger partial charge is 0.347 e. The van der Waals surface area contributed by atoms with Gasteiger partial charge in [-0.3, -0.25) is 9.20 Å². The number of thiazole rings is 1. The van der Waals surface area contributed by atoms with Crippen molar-refractivity contribution in [2.75, 3.05) is 0 Å². The van der Waals surface area contributed by atoms with Gasteiger partial charge in [-0.15, -0.1) is 0 Å². The van der Waals surface area contributed by atoms with Crippen LogP contribution in [0.15, 0.2) is 48.7 Å². The summed E-state index contributed by atoms with van der Waals surface area (Å²) in [5, 5.41) is 2.65. The van der Waals surface area contributed by atoms with Gasteiger partial charge in [0.25, 0.3) is 5.91 Å². The molecule has 1 N–H and O–H groups in total. The van der Waals surface area contributed by atoms with E-state index in [0.29, 0.717) is 6.07 Å². The molecular weight excluding hydrogens is 387 g/mol. The summed E-state index contributed by atoms with van der Waals surface area (Å²) in [5.41, 5.74) is 2.20. The number of nitrogens with one attached hydrogen (secondary N) is 1. The molecule has 2 heterocycles. The van der Waals surface area contributed by atoms with Crippen molar-refractivity contribution in [2.45, 2.75) is 13.5 Å². The SMILES string of the molecule is Cc1c(CNC(=O)c2ccc(F)cc2F)sc2nc(-c3ccc(F)cc3)cn12. The van der Waals surface area contributed by atoms with E-state index in [4.69, 9.17) is 0 Å². The number of halogens is 3. The lowest BCUT2D eigenvalue weighted by Gasteiger charge is -2.06. The Morgan fingerprint density at radius 2 is 1.82 bits per heavy atom. The van der Waals surface area contributed by atoms with E-state index in [0.717, 1.165) is 38.9 Å². The molecule has 0 saturated heterocycles. The van der Waals surface area contributed by atoms with E-state index in [-0.39, 0.29) is 17.9 Å². The van der Waals surface area contributed by atoms with E-state index in [1.807, 2.05) is 17.5 Å². The van der Waals surface area contributed by atoms with Gasteiger partial charge in [0.15, 0.2) is 4.96 Å². The van der Waals surface area contributed by atoms with Crippen molar-refractivity contribution in [1.29, 1.82) is 0 Å². The molecule has 0 fully saturated rings. The van der Waals surface area contributed by atoms with Crippen LogP contribution in [0.4, 0.5) is 13.2 Å². The lowest BCUT2D eigenvalue weighted by Crippen LogP contribution is -2.23. The third kappa shape index (κ3) is 3.38. The molecule has 0 aliphatic rings. The Morgan fingerprint density at radius 3 is 2.50 bits per heavy atom. The van der Waals surface area contributed by atoms with E-state index in [1.165, 1.54) is 23.5 Å². The number of amides is 1. The van der Waals surface area contributed by atoms with Crippen LogP contribution in [0.2, 0.25) is 0 Å². The minimum Gasteiger partial charge on any atom is -0.347 e. The third-order valence-electron chi connectivity index (χ3n) is 4.38. The summed E-state index contributed by atoms with van der Waals surface area (Å²) in [4.78, 5) is 18.3. The lowest BCUT2D eigenvalue weighted by atomic mass is 10.2. The Morgan fingerprint density at radius 1 is 1.11 bits per heavy atom. The van der Waals surface area contributed by atoms with Crippen molar-refractivity contribution in [3.05, 3.63) is 82.2 Å². The normalized spacial score (nSPS) is 11.1. The molecule has 1 amide bonds. The van der Waals surface area contributed by atoms with Crippen LogP contribution in [0.5, 0.6) is 0 Å². The van der Waals surface area contributed by atoms with E-state index in [9.17, 15) is 18.0 Å². The third-order valence-corrected chi connectivity index (χ3v) is 5.53. The summed E-state index contributed by atoms with van der Waals surface area (Å²) >= 11 is 1.40. The molecule has 0 aliphatic carbocycles. The molecule has 4 nitrogen and oxygen atoms in total. The van der Waals surface area contributed by atoms with Gasteiger partial charge in [-0.25, -0.2) is 18.2 Å². The fourth-order valence-corrected chi connectivity index (χ4v) is 3.89. The topological polar surface area (TPSA) is 46.4 Å². The predicted molar refractivity (Wildman–Crippen MR) is 101 cm³/mol. The molecule has 0 aliphatic heterocycles. The van der Waals surface area contributed by atoms with Gasteiger partial charge in [0.2, 0.25) is 0 Å². The van der Waals surface area contributed by atoms with Crippen LogP contribution >= 0.6 is 11.3 Å². The number of hydrogen-bond donors (Lipinski definition) is 1. The highest BCUT2D eigenvalue weighted by Gasteiger charge is 2.16. The highest BCUT2D eigenvalue weighted by molar-refractivity contribution is 7.17. The summed E-state index contributed by atoms with van der Waals surface area (Å²) in [5.74, 6) is -2.56. The minimum atomic E-state index is -0.904. The van der Waals surface area contributed by atoms with E-state index in [1.54, 1.807) is 12.1 Å². The van der Waals surface area contributed by atoms with Crippen LogP contribution in [-0.2, 0) is 6.54 Å². The van der Waals surface area contributed by atoms with Crippen molar-refractivity contribution >= 4 is 22.2 Å². The van der Waals surface area contributed by atoms with Crippen LogP contribution < -0.4 is 5.32 Å². The maximum Gasteiger partial charge on any atom is 0.254 e. The molecule has 28 heavy (non-hydrogen) atoms. The number of rotatable bonds is 4. The fraction of sp³-hybridized carbons (Fsp3) is 0.100. The van der Waals surface area contributed by atoms with Crippen LogP contribution in [0.3, 0.4) is 0 Å². The Kier molecular flexibility index (Phi) is 4.64. The smallest absolute Gasteiger partial charge is 0.254 e. The molecule has 0 unspecified atom stereocenters. The fourth-order valence-electron chi connectivity index (χ4n) is 2.85. The number of hydrogen-bond acceptors (Lipinski definition) is 3. The van der Waals surface area contributed by atoms with Crippen molar-refractivity contribution in [2.24, 2.45) is 0 Å². The molecule has 142 valence electrons. The van der Waals surface area contributed by atoms with Gasteiger partial charge in [0, 0.05) is 28.4 Å². The Labute approximate surface area is 162 Å². The monoisotopic (exact) mass is 401 g/mol. The molecule has 2 aromatic heterocycles. The summed E-state index contributed by atoms with van der Waals surface area (Å²) in [7, 11) is 0. The number of aromatic nitrogens is 2. The minimum absolute atomic E-state index is 0.196. The van der Waals surface area contributed by atoms with Gasteiger partial charge < -0.3 is 5.32 Å². The number of carbonyl (C=O) groups is 1. The average molecular weight is 401 g/mol. The molecule has 0 spiro atoms. The Hall–Kier alpha value is -3.13. The average Bonchev–Trinajstić information content (AvgIpc) is 3.20. The first kappa shape index (κ1) is 18.2. The van der Waals surface area contributed by atoms with Gasteiger partial charge in [-0.2, -0.15) is 0 Å². The van der Waals surface area contributed by atoms with Crippen LogP contribution in [0, 0.1) is 24.4 Å². The summed E-state index contributed by atoms with van der Waals surface area (Å²) in [6.07, 6.45) is 1.85. The number of imidazole rings is 1. The van der Waals surface area contributed by atoms with Gasteiger partial charge in [-0.1, -0.05) is 11.3 Å². The van der Waals surface area contributed by atoms with E-state index >= 15 is 0 Å². The second-order valence-corrected chi connectivity index (χ2v) is 7.27. The van der Waals surface area contributed by atoms with Crippen LogP contribution in [0.1, 0.15) is 20.9 Å². The summed E-state index contributed by atoms with van der Waals surface area (Å²) in [6, 6.07) is 8.92. The van der Waals surface area contributed by atoms with Crippen LogP contribution in [0.25, 0.3) is 16.2 Å². The maximum absolute atomic E-state index is 13.7. The zero-order chi connectivity index (χ0) is 19.8. The molecule has 0 bridgehead atoms. The summed E-state index contributed by atoms with van der Waals surface area (Å²) < 4.78 is 41.7. The second kappa shape index (κ2) is 7.12. The van der Waals surface area contributed by atoms with Gasteiger partial charge >= 0.3 is 0 Å². The van der Waals surface area contributed by atoms with Crippen molar-refractivity contribution in [3.63, 3.8) is 0 Å². The maximum atomic E-state index is 13.7. The summed E-state index contributed by atoms with van der Waals surface area (Å²) in [6.45, 7) is 2.08. The molecule has 0 radical (unpaired) electrons. The quantitative estimate of drug-likeness (QED) is 0.538. The molecule has 0 atom stereocenters. The first-order valence-corrected chi connectivity index (χ1v) is 9.20. The highest BCUT2D eigenvalue weighted by Crippen LogP contribution is 2.27. The highest BCUT2D eigenvalue weighted by atomic mass is 32.1. The molecule has 8 heteroatoms. The molecule has 0 saturated carbocycles. The molecule has 2 aromatic carbocycles. The van der Waals surface area contributed by atoms with E-state index < -0.39 is 17.5 Å². The number of fused-ring (bicyclic) bond motifs is 1. The van der Waals surface area contributed by atoms with Gasteiger partial charge in [-0.05, 0) is 43.3 Å². The van der Waals surface area contributed by atoms with Crippen molar-refractivity contribution < 1.29 is 18.0 Å². The van der Waals surface area contributed by atoms with Crippen molar-refractivity contribution in [3.8, 4) is 11.3 Å². The van der Waals surface area contributed by atoms with Crippen LogP contribution in [-0.4, -0.2) is 15.3 Å². The zero-order valence-electron chi connectivity index (χ0n) is 14.7. The first-order chi connectivity index (χ1) is 13.4.